The van der Waals surface area contributed by atoms with Crippen molar-refractivity contribution in [2.45, 2.75) is 11.5 Å². The molecule has 4 unspecified atom stereocenters. The number of carbonyl (C=O) groups is 1. The van der Waals surface area contributed by atoms with Crippen molar-refractivity contribution in [3.63, 3.8) is 0 Å². The molecule has 0 radical (unpaired) electrons. The van der Waals surface area contributed by atoms with Gasteiger partial charge in [0.05, 0.1) is 17.0 Å². The van der Waals surface area contributed by atoms with Crippen LogP contribution < -0.4 is 4.74 Å². The first-order valence-corrected chi connectivity index (χ1v) is 9.21. The van der Waals surface area contributed by atoms with Crippen LogP contribution in [0, 0.1) is 34.4 Å². The lowest BCUT2D eigenvalue weighted by atomic mass is 9.92. The van der Waals surface area contributed by atoms with Crippen molar-refractivity contribution >= 4 is 29.1 Å². The van der Waals surface area contributed by atoms with Gasteiger partial charge in [-0.05, 0) is 35.4 Å². The fourth-order valence-electron chi connectivity index (χ4n) is 4.09. The number of nitriles is 1. The Morgan fingerprint density at radius 2 is 2.12 bits per heavy atom. The van der Waals surface area contributed by atoms with Gasteiger partial charge in [-0.3, -0.25) is 4.79 Å². The molecule has 0 saturated heterocycles. The normalized spacial score (nSPS) is 35.2. The zero-order chi connectivity index (χ0) is 18.0. The third-order valence-corrected chi connectivity index (χ3v) is 6.30. The number of halogens is 3. The first kappa shape index (κ1) is 16.6. The highest BCUT2D eigenvalue weighted by Crippen LogP contribution is 2.77. The minimum Gasteiger partial charge on any atom is -0.461 e. The molecule has 1 aromatic rings. The number of nitrogens with zero attached hydrogens (tertiary/aromatic N) is 1. The molecule has 0 bridgehead atoms. The van der Waals surface area contributed by atoms with Crippen LogP contribution in [-0.2, 0) is 4.79 Å². The van der Waals surface area contributed by atoms with Crippen LogP contribution >= 0.6 is 23.4 Å². The molecule has 0 aliphatic heterocycles. The van der Waals surface area contributed by atoms with Crippen LogP contribution in [0.15, 0.2) is 41.0 Å². The third kappa shape index (κ3) is 2.26. The summed E-state index contributed by atoms with van der Waals surface area (Å²) in [5, 5.41) is 6.56. The molecule has 0 amide bonds. The molecule has 2 fully saturated rings. The Morgan fingerprint density at radius 1 is 1.36 bits per heavy atom. The van der Waals surface area contributed by atoms with Gasteiger partial charge in [-0.2, -0.15) is 5.26 Å². The van der Waals surface area contributed by atoms with Crippen LogP contribution in [-0.4, -0.2) is 17.2 Å². The van der Waals surface area contributed by atoms with E-state index in [1.807, 2.05) is 18.4 Å². The number of alkyl halides is 2. The number of hydrogen-bond donors (Lipinski definition) is 0. The van der Waals surface area contributed by atoms with Crippen LogP contribution in [0.4, 0.5) is 8.78 Å². The highest BCUT2D eigenvalue weighted by Gasteiger charge is 2.81. The van der Waals surface area contributed by atoms with Gasteiger partial charge in [-0.25, -0.2) is 8.78 Å². The average Bonchev–Trinajstić information content (AvgIpc) is 3.16. The molecule has 1 aromatic carbocycles. The molecule has 3 nitrogen and oxygen atoms in total. The van der Waals surface area contributed by atoms with Crippen LogP contribution in [0.5, 0.6) is 5.75 Å². The smallest absolute Gasteiger partial charge is 0.242 e. The molecule has 25 heavy (non-hydrogen) atoms. The standard InChI is InChI=1S/C18H12ClF2NO2S/c1-25-12-2-3-13(24-11-5-9(7-22)4-10(20)6-11)17-8-18(19,21)16(23)15(17)14(12)17/h2-6,14-15H,8H2,1H3. The highest BCUT2D eigenvalue weighted by atomic mass is 35.5. The predicted octanol–water partition coefficient (Wildman–Crippen LogP) is 4.33. The number of rotatable bonds is 3. The van der Waals surface area contributed by atoms with Gasteiger partial charge in [0.1, 0.15) is 17.3 Å². The largest absolute Gasteiger partial charge is 0.461 e. The maximum Gasteiger partial charge on any atom is 0.242 e. The van der Waals surface area contributed by atoms with E-state index in [2.05, 4.69) is 0 Å². The number of hydrogen-bond acceptors (Lipinski definition) is 4. The number of thioether (sulfide) groups is 1. The van der Waals surface area contributed by atoms with E-state index in [4.69, 9.17) is 21.6 Å². The Hall–Kier alpha value is -1.84. The number of ether oxygens (including phenoxy) is 1. The molecule has 0 N–H and O–H groups in total. The minimum atomic E-state index is -2.40. The van der Waals surface area contributed by atoms with Crippen molar-refractivity contribution in [1.29, 1.82) is 5.26 Å². The van der Waals surface area contributed by atoms with Gasteiger partial charge >= 0.3 is 0 Å². The lowest BCUT2D eigenvalue weighted by Gasteiger charge is -2.25. The minimum absolute atomic E-state index is 0.118. The predicted molar refractivity (Wildman–Crippen MR) is 90.2 cm³/mol. The van der Waals surface area contributed by atoms with Gasteiger partial charge in [0.15, 0.2) is 5.78 Å². The molecule has 0 aromatic heterocycles. The van der Waals surface area contributed by atoms with E-state index < -0.39 is 28.1 Å². The Balaban J connectivity index is 1.74. The van der Waals surface area contributed by atoms with Gasteiger partial charge in [-0.1, -0.05) is 11.6 Å². The third-order valence-electron chi connectivity index (χ3n) is 5.12. The van der Waals surface area contributed by atoms with E-state index in [0.29, 0.717) is 5.76 Å². The second-order valence-corrected chi connectivity index (χ2v) is 7.91. The average molecular weight is 380 g/mol. The molecular formula is C18H12ClF2NO2S. The Bertz CT molecular complexity index is 905. The van der Waals surface area contributed by atoms with E-state index >= 15 is 0 Å². The summed E-state index contributed by atoms with van der Waals surface area (Å²) in [5.74, 6) is -1.41. The van der Waals surface area contributed by atoms with Gasteiger partial charge in [0.25, 0.3) is 0 Å². The van der Waals surface area contributed by atoms with Crippen molar-refractivity contribution in [3.05, 3.63) is 52.4 Å². The Morgan fingerprint density at radius 3 is 2.80 bits per heavy atom. The quantitative estimate of drug-likeness (QED) is 0.733. The van der Waals surface area contributed by atoms with E-state index in [9.17, 15) is 13.6 Å². The topological polar surface area (TPSA) is 50.1 Å². The number of carbonyl (C=O) groups excluding carboxylic acids is 1. The second kappa shape index (κ2) is 5.33. The summed E-state index contributed by atoms with van der Waals surface area (Å²) < 4.78 is 33.8. The Labute approximate surface area is 152 Å². The van der Waals surface area contributed by atoms with E-state index in [1.54, 1.807) is 6.08 Å². The SMILES string of the molecule is CSC1=CC=C(Oc2cc(F)cc(C#N)c2)C23CC(F)(Cl)C(=O)C2C13. The summed E-state index contributed by atoms with van der Waals surface area (Å²) in [6.45, 7) is 0. The van der Waals surface area contributed by atoms with Crippen LogP contribution in [0.1, 0.15) is 12.0 Å². The van der Waals surface area contributed by atoms with Gasteiger partial charge in [-0.15, -0.1) is 11.8 Å². The molecule has 2 saturated carbocycles. The molecule has 1 spiro atoms. The summed E-state index contributed by atoms with van der Waals surface area (Å²) in [7, 11) is 0. The van der Waals surface area contributed by atoms with E-state index in [0.717, 1.165) is 17.0 Å². The molecule has 0 heterocycles. The first-order valence-electron chi connectivity index (χ1n) is 7.60. The summed E-state index contributed by atoms with van der Waals surface area (Å²) in [5.41, 5.74) is -0.701. The van der Waals surface area contributed by atoms with Gasteiger partial charge in [0, 0.05) is 24.3 Å². The summed E-state index contributed by atoms with van der Waals surface area (Å²) >= 11 is 7.27. The number of benzene rings is 1. The number of fused-ring (bicyclic) bond motifs is 1. The van der Waals surface area contributed by atoms with Crippen LogP contribution in [0.25, 0.3) is 0 Å². The maximum atomic E-state index is 14.4. The number of ketones is 1. The zero-order valence-corrected chi connectivity index (χ0v) is 14.6. The molecular weight excluding hydrogens is 368 g/mol. The zero-order valence-electron chi connectivity index (χ0n) is 13.1. The van der Waals surface area contributed by atoms with E-state index in [-0.39, 0.29) is 23.7 Å². The molecule has 3 aliphatic carbocycles. The van der Waals surface area contributed by atoms with E-state index in [1.165, 1.54) is 17.8 Å². The van der Waals surface area contributed by atoms with Crippen molar-refractivity contribution in [3.8, 4) is 11.8 Å². The lowest BCUT2D eigenvalue weighted by Crippen LogP contribution is -2.28. The summed E-state index contributed by atoms with van der Waals surface area (Å²) in [6.07, 6.45) is 5.25. The highest BCUT2D eigenvalue weighted by molar-refractivity contribution is 8.02. The summed E-state index contributed by atoms with van der Waals surface area (Å²) in [4.78, 5) is 13.3. The maximum absolute atomic E-state index is 14.4. The van der Waals surface area contributed by atoms with Crippen LogP contribution in [0.3, 0.4) is 0 Å². The Kier molecular flexibility index (Phi) is 3.54. The first-order chi connectivity index (χ1) is 11.8. The molecule has 7 heteroatoms. The van der Waals surface area contributed by atoms with Crippen molar-refractivity contribution in [1.82, 2.24) is 0 Å². The van der Waals surface area contributed by atoms with Crippen molar-refractivity contribution in [2.75, 3.05) is 6.26 Å². The van der Waals surface area contributed by atoms with Gasteiger partial charge in [0.2, 0.25) is 5.13 Å². The fraction of sp³-hybridized carbons (Fsp3) is 0.333. The molecule has 4 rings (SSSR count). The van der Waals surface area contributed by atoms with Crippen LogP contribution in [0.2, 0.25) is 0 Å². The van der Waals surface area contributed by atoms with Crippen molar-refractivity contribution < 1.29 is 18.3 Å². The number of Topliss-reactive ketones (excluding diaryl/α,β-unsaturated/α-hetero) is 1. The monoisotopic (exact) mass is 379 g/mol. The second-order valence-electron chi connectivity index (χ2n) is 6.43. The van der Waals surface area contributed by atoms with Gasteiger partial charge < -0.3 is 4.74 Å². The molecule has 128 valence electrons. The fourth-order valence-corrected chi connectivity index (χ4v) is 5.24. The summed E-state index contributed by atoms with van der Waals surface area (Å²) in [6, 6.07) is 5.51. The molecule has 4 atom stereocenters. The van der Waals surface area contributed by atoms with Crippen molar-refractivity contribution in [2.24, 2.45) is 17.3 Å². The number of allylic oxidation sites excluding steroid dienone is 4. The lowest BCUT2D eigenvalue weighted by molar-refractivity contribution is -0.125. The molecule has 3 aliphatic rings.